The first-order chi connectivity index (χ1) is 4.70. The van der Waals surface area contributed by atoms with E-state index in [2.05, 4.69) is 0 Å². The Morgan fingerprint density at radius 3 is 1.91 bits per heavy atom. The second kappa shape index (κ2) is 3.86. The molecule has 11 heavy (non-hydrogen) atoms. The van der Waals surface area contributed by atoms with Gasteiger partial charge in [-0.25, -0.2) is 0 Å². The minimum atomic E-state index is 0. The highest BCUT2D eigenvalue weighted by molar-refractivity contribution is 5.51. The Bertz CT molecular complexity index is 201. The summed E-state index contributed by atoms with van der Waals surface area (Å²) < 4.78 is 0. The standard InChI is InChI=1S/C8H12N2.CH4/c1-10(2)8-5-3-7(9)4-6-8;/h3-6H,9H2,1-2H3;1H4. The number of nitrogens with two attached hydrogens (primary N) is 1. The van der Waals surface area contributed by atoms with Crippen molar-refractivity contribution in [2.24, 2.45) is 0 Å². The van der Waals surface area contributed by atoms with Gasteiger partial charge in [-0.3, -0.25) is 0 Å². The summed E-state index contributed by atoms with van der Waals surface area (Å²) in [4.78, 5) is 2.04. The molecule has 1 aromatic carbocycles. The molecule has 1 aromatic rings. The topological polar surface area (TPSA) is 29.3 Å². The third kappa shape index (κ3) is 2.50. The highest BCUT2D eigenvalue weighted by Gasteiger charge is 1.91. The smallest absolute Gasteiger partial charge is 0.0362 e. The minimum absolute atomic E-state index is 0. The molecule has 0 spiro atoms. The molecule has 2 heteroatoms. The van der Waals surface area contributed by atoms with Crippen LogP contribution < -0.4 is 10.6 Å². The summed E-state index contributed by atoms with van der Waals surface area (Å²) in [5, 5.41) is 0. The Balaban J connectivity index is 0.000001000. The van der Waals surface area contributed by atoms with Crippen molar-refractivity contribution in [3.63, 3.8) is 0 Å². The first-order valence-electron chi connectivity index (χ1n) is 3.23. The Morgan fingerprint density at radius 1 is 1.09 bits per heavy atom. The lowest BCUT2D eigenvalue weighted by Crippen LogP contribution is -2.08. The van der Waals surface area contributed by atoms with Crippen molar-refractivity contribution in [3.05, 3.63) is 24.3 Å². The monoisotopic (exact) mass is 152 g/mol. The quantitative estimate of drug-likeness (QED) is 0.623. The van der Waals surface area contributed by atoms with Crippen LogP contribution in [0.25, 0.3) is 0 Å². The van der Waals surface area contributed by atoms with Crippen LogP contribution in [0, 0.1) is 0 Å². The van der Waals surface area contributed by atoms with Crippen LogP contribution in [-0.4, -0.2) is 14.1 Å². The van der Waals surface area contributed by atoms with Crippen LogP contribution in [0.15, 0.2) is 24.3 Å². The van der Waals surface area contributed by atoms with Crippen molar-refractivity contribution in [2.45, 2.75) is 7.43 Å². The lowest BCUT2D eigenvalue weighted by Gasteiger charge is -2.11. The highest BCUT2D eigenvalue weighted by Crippen LogP contribution is 2.12. The molecule has 1 rings (SSSR count). The number of nitrogens with zero attached hydrogens (tertiary/aromatic N) is 1. The summed E-state index contributed by atoms with van der Waals surface area (Å²) >= 11 is 0. The molecule has 0 heterocycles. The van der Waals surface area contributed by atoms with Crippen molar-refractivity contribution in [3.8, 4) is 0 Å². The van der Waals surface area contributed by atoms with Gasteiger partial charge in [-0.2, -0.15) is 0 Å². The van der Waals surface area contributed by atoms with E-state index >= 15 is 0 Å². The molecule has 0 saturated carbocycles. The summed E-state index contributed by atoms with van der Waals surface area (Å²) in [6.07, 6.45) is 0. The Hall–Kier alpha value is -1.18. The van der Waals surface area contributed by atoms with Crippen LogP contribution >= 0.6 is 0 Å². The Labute approximate surface area is 68.6 Å². The maximum atomic E-state index is 5.51. The van der Waals surface area contributed by atoms with Crippen LogP contribution in [0.1, 0.15) is 7.43 Å². The first kappa shape index (κ1) is 9.82. The van der Waals surface area contributed by atoms with E-state index in [1.165, 1.54) is 5.69 Å². The predicted octanol–water partition coefficient (Wildman–Crippen LogP) is 1.97. The molecule has 0 aliphatic rings. The minimum Gasteiger partial charge on any atom is -0.399 e. The van der Waals surface area contributed by atoms with Crippen molar-refractivity contribution in [1.82, 2.24) is 0 Å². The highest BCUT2D eigenvalue weighted by atomic mass is 15.1. The van der Waals surface area contributed by atoms with Gasteiger partial charge in [-0.05, 0) is 24.3 Å². The van der Waals surface area contributed by atoms with Crippen LogP contribution in [-0.2, 0) is 0 Å². The van der Waals surface area contributed by atoms with Gasteiger partial charge in [0.05, 0.1) is 0 Å². The van der Waals surface area contributed by atoms with Gasteiger partial charge in [0.15, 0.2) is 0 Å². The zero-order valence-electron chi connectivity index (χ0n) is 6.33. The van der Waals surface area contributed by atoms with Crippen molar-refractivity contribution in [2.75, 3.05) is 24.7 Å². The van der Waals surface area contributed by atoms with Gasteiger partial charge in [0.25, 0.3) is 0 Å². The molecular formula is C9H16N2. The number of nitrogen functional groups attached to an aromatic ring is 1. The lowest BCUT2D eigenvalue weighted by atomic mass is 10.3. The van der Waals surface area contributed by atoms with Crippen LogP contribution in [0.4, 0.5) is 11.4 Å². The molecule has 62 valence electrons. The van der Waals surface area contributed by atoms with Gasteiger partial charge < -0.3 is 10.6 Å². The number of hydrogen-bond acceptors (Lipinski definition) is 2. The molecule has 0 amide bonds. The van der Waals surface area contributed by atoms with Gasteiger partial charge in [-0.15, -0.1) is 0 Å². The number of anilines is 2. The summed E-state index contributed by atoms with van der Waals surface area (Å²) in [5.41, 5.74) is 7.49. The van der Waals surface area contributed by atoms with Gasteiger partial charge in [-0.1, -0.05) is 7.43 Å². The summed E-state index contributed by atoms with van der Waals surface area (Å²) in [5.74, 6) is 0. The molecule has 2 nitrogen and oxygen atoms in total. The molecule has 0 radical (unpaired) electrons. The summed E-state index contributed by atoms with van der Waals surface area (Å²) in [7, 11) is 4.01. The van der Waals surface area contributed by atoms with E-state index in [1.54, 1.807) is 0 Å². The van der Waals surface area contributed by atoms with Crippen molar-refractivity contribution < 1.29 is 0 Å². The molecule has 0 bridgehead atoms. The summed E-state index contributed by atoms with van der Waals surface area (Å²) in [6, 6.07) is 7.79. The molecule has 0 aromatic heterocycles. The Kier molecular flexibility index (Phi) is 3.45. The molecule has 0 unspecified atom stereocenters. The predicted molar refractivity (Wildman–Crippen MR) is 51.9 cm³/mol. The van der Waals surface area contributed by atoms with Crippen LogP contribution in [0.5, 0.6) is 0 Å². The van der Waals surface area contributed by atoms with Crippen molar-refractivity contribution >= 4 is 11.4 Å². The molecule has 0 saturated heterocycles. The molecular weight excluding hydrogens is 136 g/mol. The molecule has 0 aliphatic heterocycles. The normalized spacial score (nSPS) is 8.55. The fourth-order valence-corrected chi connectivity index (χ4v) is 0.772. The van der Waals surface area contributed by atoms with E-state index in [4.69, 9.17) is 5.73 Å². The SMILES string of the molecule is C.CN(C)c1ccc(N)cc1. The maximum absolute atomic E-state index is 5.51. The van der Waals surface area contributed by atoms with E-state index < -0.39 is 0 Å². The fraction of sp³-hybridized carbons (Fsp3) is 0.333. The average Bonchev–Trinajstić information content (AvgIpc) is 1.88. The molecule has 2 N–H and O–H groups in total. The largest absolute Gasteiger partial charge is 0.399 e. The van der Waals surface area contributed by atoms with E-state index in [0.717, 1.165) is 5.69 Å². The van der Waals surface area contributed by atoms with Gasteiger partial charge in [0.2, 0.25) is 0 Å². The maximum Gasteiger partial charge on any atom is 0.0362 e. The average molecular weight is 152 g/mol. The zero-order valence-corrected chi connectivity index (χ0v) is 6.33. The lowest BCUT2D eigenvalue weighted by molar-refractivity contribution is 1.13. The van der Waals surface area contributed by atoms with E-state index in [0.29, 0.717) is 0 Å². The van der Waals surface area contributed by atoms with E-state index in [9.17, 15) is 0 Å². The van der Waals surface area contributed by atoms with Gasteiger partial charge in [0, 0.05) is 25.5 Å². The molecule has 0 fully saturated rings. The third-order valence-electron chi connectivity index (χ3n) is 1.41. The van der Waals surface area contributed by atoms with Crippen molar-refractivity contribution in [1.29, 1.82) is 0 Å². The van der Waals surface area contributed by atoms with Gasteiger partial charge >= 0.3 is 0 Å². The number of rotatable bonds is 1. The van der Waals surface area contributed by atoms with E-state index in [-0.39, 0.29) is 7.43 Å². The van der Waals surface area contributed by atoms with Crippen LogP contribution in [0.2, 0.25) is 0 Å². The van der Waals surface area contributed by atoms with Crippen LogP contribution in [0.3, 0.4) is 0 Å². The number of hydrogen-bond donors (Lipinski definition) is 1. The van der Waals surface area contributed by atoms with E-state index in [1.807, 2.05) is 43.3 Å². The molecule has 0 atom stereocenters. The second-order valence-corrected chi connectivity index (χ2v) is 2.49. The fourth-order valence-electron chi connectivity index (χ4n) is 0.772. The Morgan fingerprint density at radius 2 is 1.55 bits per heavy atom. The molecule has 0 aliphatic carbocycles. The first-order valence-corrected chi connectivity index (χ1v) is 3.23. The zero-order chi connectivity index (χ0) is 7.56. The number of benzene rings is 1. The van der Waals surface area contributed by atoms with Gasteiger partial charge in [0.1, 0.15) is 0 Å². The summed E-state index contributed by atoms with van der Waals surface area (Å²) in [6.45, 7) is 0. The third-order valence-corrected chi connectivity index (χ3v) is 1.41. The second-order valence-electron chi connectivity index (χ2n) is 2.49.